The van der Waals surface area contributed by atoms with Gasteiger partial charge in [0.2, 0.25) is 0 Å². The minimum atomic E-state index is -0.727. The van der Waals surface area contributed by atoms with Crippen molar-refractivity contribution in [1.29, 1.82) is 0 Å². The maximum Gasteiger partial charge on any atom is 0.311 e. The third-order valence-electron chi connectivity index (χ3n) is 5.91. The summed E-state index contributed by atoms with van der Waals surface area (Å²) >= 11 is 0. The first kappa shape index (κ1) is 15.8. The topological polar surface area (TPSA) is 66.8 Å². The van der Waals surface area contributed by atoms with Crippen molar-refractivity contribution in [3.8, 4) is 0 Å². The maximum absolute atomic E-state index is 12.8. The summed E-state index contributed by atoms with van der Waals surface area (Å²) < 4.78 is 6.01. The average Bonchev–Trinajstić information content (AvgIpc) is 3.18. The quantitative estimate of drug-likeness (QED) is 0.847. The van der Waals surface area contributed by atoms with Crippen molar-refractivity contribution in [3.05, 3.63) is 0 Å². The second kappa shape index (κ2) is 6.19. The molecule has 5 nitrogen and oxygen atoms in total. The summed E-state index contributed by atoms with van der Waals surface area (Å²) in [4.78, 5) is 26.3. The molecular weight excluding hydrogens is 282 g/mol. The highest BCUT2D eigenvalue weighted by Gasteiger charge is 2.56. The van der Waals surface area contributed by atoms with E-state index < -0.39 is 17.5 Å². The molecule has 1 N–H and O–H groups in total. The third-order valence-corrected chi connectivity index (χ3v) is 5.91. The number of carboxylic acid groups (broad SMARTS) is 1. The largest absolute Gasteiger partial charge is 0.481 e. The molecule has 22 heavy (non-hydrogen) atoms. The van der Waals surface area contributed by atoms with E-state index in [-0.39, 0.29) is 17.9 Å². The average molecular weight is 309 g/mol. The van der Waals surface area contributed by atoms with Crippen LogP contribution in [-0.2, 0) is 14.3 Å². The smallest absolute Gasteiger partial charge is 0.311 e. The molecule has 2 saturated carbocycles. The van der Waals surface area contributed by atoms with Gasteiger partial charge in [0.05, 0.1) is 11.5 Å². The van der Waals surface area contributed by atoms with E-state index in [1.807, 2.05) is 6.92 Å². The summed E-state index contributed by atoms with van der Waals surface area (Å²) in [6, 6.07) is 0. The number of ether oxygens (including phenoxy) is 1. The van der Waals surface area contributed by atoms with E-state index in [1.54, 1.807) is 4.90 Å². The molecule has 0 aromatic carbocycles. The molecule has 1 saturated heterocycles. The van der Waals surface area contributed by atoms with Crippen LogP contribution in [0.15, 0.2) is 0 Å². The summed E-state index contributed by atoms with van der Waals surface area (Å²) in [7, 11) is 0. The number of likely N-dealkylation sites (tertiary alicyclic amines) is 1. The fraction of sp³-hybridized carbons (Fsp3) is 0.882. The number of nitrogens with zero attached hydrogens (tertiary/aromatic N) is 1. The fourth-order valence-corrected chi connectivity index (χ4v) is 4.60. The van der Waals surface area contributed by atoms with E-state index in [2.05, 4.69) is 0 Å². The van der Waals surface area contributed by atoms with Crippen molar-refractivity contribution in [2.75, 3.05) is 13.1 Å². The number of hydrogen-bond acceptors (Lipinski definition) is 3. The molecule has 0 aromatic heterocycles. The van der Waals surface area contributed by atoms with Crippen molar-refractivity contribution in [2.45, 2.75) is 70.5 Å². The second-order valence-electron chi connectivity index (χ2n) is 7.21. The van der Waals surface area contributed by atoms with E-state index in [0.717, 1.165) is 25.7 Å². The van der Waals surface area contributed by atoms with Gasteiger partial charge in [0, 0.05) is 13.1 Å². The van der Waals surface area contributed by atoms with Crippen LogP contribution in [0.5, 0.6) is 0 Å². The first-order valence-corrected chi connectivity index (χ1v) is 8.74. The van der Waals surface area contributed by atoms with Crippen molar-refractivity contribution in [1.82, 2.24) is 4.90 Å². The Kier molecular flexibility index (Phi) is 4.44. The number of aliphatic carboxylic acids is 1. The number of fused-ring (bicyclic) bond motifs is 1. The molecule has 1 unspecified atom stereocenters. The van der Waals surface area contributed by atoms with Crippen LogP contribution < -0.4 is 0 Å². The minimum Gasteiger partial charge on any atom is -0.481 e. The SMILES string of the molecule is CCC(OC1CCCC1)C(=O)N1C[C@@H]2CCC[C@@]2(C(=O)O)C1. The van der Waals surface area contributed by atoms with Crippen LogP contribution in [0.3, 0.4) is 0 Å². The molecule has 0 aromatic rings. The van der Waals surface area contributed by atoms with Crippen LogP contribution in [0.1, 0.15) is 58.3 Å². The molecule has 124 valence electrons. The fourth-order valence-electron chi connectivity index (χ4n) is 4.60. The van der Waals surface area contributed by atoms with Crippen LogP contribution in [0, 0.1) is 11.3 Å². The van der Waals surface area contributed by atoms with E-state index >= 15 is 0 Å². The Bertz CT molecular complexity index is 446. The molecule has 3 rings (SSSR count). The van der Waals surface area contributed by atoms with Gasteiger partial charge in [-0.05, 0) is 38.0 Å². The molecular formula is C17H27NO4. The summed E-state index contributed by atoms with van der Waals surface area (Å²) in [6.45, 7) is 2.94. The maximum atomic E-state index is 12.8. The summed E-state index contributed by atoms with van der Waals surface area (Å²) in [5.41, 5.74) is -0.693. The Morgan fingerprint density at radius 2 is 2.00 bits per heavy atom. The lowest BCUT2D eigenvalue weighted by molar-refractivity contribution is -0.151. The lowest BCUT2D eigenvalue weighted by Crippen LogP contribution is -2.42. The highest BCUT2D eigenvalue weighted by molar-refractivity contribution is 5.84. The lowest BCUT2D eigenvalue weighted by Gasteiger charge is -2.27. The Morgan fingerprint density at radius 1 is 1.27 bits per heavy atom. The number of rotatable bonds is 5. The van der Waals surface area contributed by atoms with Crippen LogP contribution in [-0.4, -0.2) is 47.2 Å². The Hall–Kier alpha value is -1.10. The molecule has 3 aliphatic rings. The van der Waals surface area contributed by atoms with Gasteiger partial charge in [-0.2, -0.15) is 0 Å². The van der Waals surface area contributed by atoms with E-state index in [9.17, 15) is 14.7 Å². The van der Waals surface area contributed by atoms with Crippen molar-refractivity contribution < 1.29 is 19.4 Å². The molecule has 0 bridgehead atoms. The van der Waals surface area contributed by atoms with Gasteiger partial charge in [-0.3, -0.25) is 9.59 Å². The molecule has 3 atom stereocenters. The van der Waals surface area contributed by atoms with Crippen molar-refractivity contribution >= 4 is 11.9 Å². The summed E-state index contributed by atoms with van der Waals surface area (Å²) in [5.74, 6) is -0.600. The standard InChI is InChI=1S/C17H27NO4/c1-2-14(22-13-7-3-4-8-13)15(19)18-10-12-6-5-9-17(12,11-18)16(20)21/h12-14H,2-11H2,1H3,(H,20,21)/t12-,14?,17+/m0/s1. The summed E-state index contributed by atoms with van der Waals surface area (Å²) in [5, 5.41) is 9.63. The van der Waals surface area contributed by atoms with Gasteiger partial charge in [0.15, 0.2) is 0 Å². The number of amides is 1. The van der Waals surface area contributed by atoms with Crippen LogP contribution in [0.4, 0.5) is 0 Å². The number of hydrogen-bond donors (Lipinski definition) is 1. The zero-order valence-corrected chi connectivity index (χ0v) is 13.4. The molecule has 0 spiro atoms. The predicted molar refractivity (Wildman–Crippen MR) is 81.4 cm³/mol. The zero-order valence-electron chi connectivity index (χ0n) is 13.4. The van der Waals surface area contributed by atoms with Gasteiger partial charge in [-0.15, -0.1) is 0 Å². The molecule has 0 radical (unpaired) electrons. The molecule has 3 fully saturated rings. The van der Waals surface area contributed by atoms with Gasteiger partial charge < -0.3 is 14.7 Å². The summed E-state index contributed by atoms with van der Waals surface area (Å²) in [6.07, 6.45) is 7.54. The number of carboxylic acids is 1. The molecule has 5 heteroatoms. The van der Waals surface area contributed by atoms with Crippen molar-refractivity contribution in [2.24, 2.45) is 11.3 Å². The van der Waals surface area contributed by atoms with Crippen LogP contribution in [0.2, 0.25) is 0 Å². The van der Waals surface area contributed by atoms with Crippen LogP contribution >= 0.6 is 0 Å². The first-order chi connectivity index (χ1) is 10.6. The normalized spacial score (nSPS) is 33.1. The first-order valence-electron chi connectivity index (χ1n) is 8.74. The Balaban J connectivity index is 1.66. The third kappa shape index (κ3) is 2.64. The van der Waals surface area contributed by atoms with Gasteiger partial charge in [0.25, 0.3) is 5.91 Å². The Morgan fingerprint density at radius 3 is 2.59 bits per heavy atom. The zero-order chi connectivity index (χ0) is 15.7. The highest BCUT2D eigenvalue weighted by atomic mass is 16.5. The van der Waals surface area contributed by atoms with Gasteiger partial charge in [-0.25, -0.2) is 0 Å². The molecule has 1 amide bonds. The molecule has 1 heterocycles. The minimum absolute atomic E-state index is 0.00410. The van der Waals surface area contributed by atoms with E-state index in [4.69, 9.17) is 4.74 Å². The number of carbonyl (C=O) groups is 2. The molecule has 1 aliphatic heterocycles. The monoisotopic (exact) mass is 309 g/mol. The van der Waals surface area contributed by atoms with E-state index in [1.165, 1.54) is 12.8 Å². The molecule has 2 aliphatic carbocycles. The van der Waals surface area contributed by atoms with Crippen LogP contribution in [0.25, 0.3) is 0 Å². The van der Waals surface area contributed by atoms with Crippen molar-refractivity contribution in [3.63, 3.8) is 0 Å². The number of carbonyl (C=O) groups excluding carboxylic acids is 1. The lowest BCUT2D eigenvalue weighted by atomic mass is 9.81. The van der Waals surface area contributed by atoms with Gasteiger partial charge in [-0.1, -0.05) is 26.2 Å². The van der Waals surface area contributed by atoms with Gasteiger partial charge >= 0.3 is 5.97 Å². The second-order valence-corrected chi connectivity index (χ2v) is 7.21. The van der Waals surface area contributed by atoms with E-state index in [0.29, 0.717) is 25.9 Å². The Labute approximate surface area is 132 Å². The highest BCUT2D eigenvalue weighted by Crippen LogP contribution is 2.49. The predicted octanol–water partition coefficient (Wildman–Crippen LogP) is 2.44. The van der Waals surface area contributed by atoms with Gasteiger partial charge in [0.1, 0.15) is 6.10 Å².